The fraction of sp³-hybridized carbons (Fsp3) is 0.667. The molecule has 4 nitrogen and oxygen atoms in total. The lowest BCUT2D eigenvalue weighted by molar-refractivity contribution is -0.138. The van der Waals surface area contributed by atoms with Gasteiger partial charge < -0.3 is 10.2 Å². The van der Waals surface area contributed by atoms with Crippen molar-refractivity contribution < 1.29 is 19.8 Å². The summed E-state index contributed by atoms with van der Waals surface area (Å²) in [6.07, 6.45) is 6.35. The molecule has 2 N–H and O–H groups in total. The summed E-state index contributed by atoms with van der Waals surface area (Å²) < 4.78 is 0. The second-order valence-corrected chi connectivity index (χ2v) is 4.18. The van der Waals surface area contributed by atoms with Gasteiger partial charge in [-0.25, -0.2) is 0 Å². The standard InChI is InChI=1S/C12H18O4/c13-7-3-1-2-4-10-9(8-12(15)16)5-6-11(10)14/h2,4,9-10,13H,1,3,5-8H2,(H,15,16)/b4-2-/t9-,10-/m1/s1. The first-order valence-corrected chi connectivity index (χ1v) is 5.67. The summed E-state index contributed by atoms with van der Waals surface area (Å²) in [6, 6.07) is 0. The van der Waals surface area contributed by atoms with Crippen LogP contribution >= 0.6 is 0 Å². The first kappa shape index (κ1) is 12.9. The Morgan fingerprint density at radius 1 is 1.50 bits per heavy atom. The Morgan fingerprint density at radius 2 is 2.25 bits per heavy atom. The minimum Gasteiger partial charge on any atom is -0.481 e. The molecule has 0 saturated heterocycles. The second kappa shape index (κ2) is 6.43. The largest absolute Gasteiger partial charge is 0.481 e. The van der Waals surface area contributed by atoms with E-state index < -0.39 is 5.97 Å². The van der Waals surface area contributed by atoms with E-state index in [1.54, 1.807) is 0 Å². The van der Waals surface area contributed by atoms with E-state index in [2.05, 4.69) is 0 Å². The number of carboxylic acids is 1. The van der Waals surface area contributed by atoms with Crippen molar-refractivity contribution in [2.24, 2.45) is 11.8 Å². The van der Waals surface area contributed by atoms with Crippen LogP contribution in [0.3, 0.4) is 0 Å². The van der Waals surface area contributed by atoms with Crippen LogP contribution in [0.1, 0.15) is 32.1 Å². The summed E-state index contributed by atoms with van der Waals surface area (Å²) in [6.45, 7) is 0.140. The predicted octanol–water partition coefficient (Wildman–Crippen LogP) is 1.39. The normalized spacial score (nSPS) is 25.4. The van der Waals surface area contributed by atoms with Gasteiger partial charge in [0, 0.05) is 25.4 Å². The summed E-state index contributed by atoms with van der Waals surface area (Å²) in [5, 5.41) is 17.3. The number of hydrogen-bond acceptors (Lipinski definition) is 3. The van der Waals surface area contributed by atoms with Crippen LogP contribution in [0.4, 0.5) is 0 Å². The van der Waals surface area contributed by atoms with Crippen LogP contribution in [0.25, 0.3) is 0 Å². The second-order valence-electron chi connectivity index (χ2n) is 4.18. The number of Topliss-reactive ketones (excluding diaryl/α,β-unsaturated/α-hetero) is 1. The lowest BCUT2D eigenvalue weighted by atomic mass is 9.92. The predicted molar refractivity (Wildman–Crippen MR) is 58.9 cm³/mol. The van der Waals surface area contributed by atoms with E-state index in [0.29, 0.717) is 19.3 Å². The Hall–Kier alpha value is -1.16. The van der Waals surface area contributed by atoms with Crippen molar-refractivity contribution in [1.29, 1.82) is 0 Å². The molecule has 90 valence electrons. The zero-order valence-electron chi connectivity index (χ0n) is 9.26. The molecular formula is C12H18O4. The minimum atomic E-state index is -0.839. The molecule has 0 aliphatic heterocycles. The average molecular weight is 226 g/mol. The smallest absolute Gasteiger partial charge is 0.303 e. The molecule has 0 aromatic carbocycles. The number of carboxylic acid groups (broad SMARTS) is 1. The molecule has 0 spiro atoms. The van der Waals surface area contributed by atoms with E-state index in [1.165, 1.54) is 0 Å². The van der Waals surface area contributed by atoms with E-state index in [-0.39, 0.29) is 30.6 Å². The van der Waals surface area contributed by atoms with Crippen LogP contribution in [0.5, 0.6) is 0 Å². The Kier molecular flexibility index (Phi) is 5.19. The number of ketones is 1. The highest BCUT2D eigenvalue weighted by atomic mass is 16.4. The van der Waals surface area contributed by atoms with Gasteiger partial charge in [0.2, 0.25) is 0 Å². The lowest BCUT2D eigenvalue weighted by Crippen LogP contribution is -2.15. The Bertz CT molecular complexity index is 283. The third-order valence-corrected chi connectivity index (χ3v) is 2.95. The third-order valence-electron chi connectivity index (χ3n) is 2.95. The Balaban J connectivity index is 2.49. The summed E-state index contributed by atoms with van der Waals surface area (Å²) in [5.74, 6) is -0.967. The number of allylic oxidation sites excluding steroid dienone is 2. The van der Waals surface area contributed by atoms with Crippen molar-refractivity contribution in [3.05, 3.63) is 12.2 Å². The van der Waals surface area contributed by atoms with Gasteiger partial charge in [0.05, 0.1) is 0 Å². The number of hydrogen-bond donors (Lipinski definition) is 2. The van der Waals surface area contributed by atoms with E-state index in [1.807, 2.05) is 12.2 Å². The van der Waals surface area contributed by atoms with Gasteiger partial charge in [0.15, 0.2) is 0 Å². The van der Waals surface area contributed by atoms with E-state index in [9.17, 15) is 9.59 Å². The molecular weight excluding hydrogens is 208 g/mol. The van der Waals surface area contributed by atoms with E-state index in [4.69, 9.17) is 10.2 Å². The van der Waals surface area contributed by atoms with Gasteiger partial charge >= 0.3 is 5.97 Å². The van der Waals surface area contributed by atoms with Crippen LogP contribution < -0.4 is 0 Å². The van der Waals surface area contributed by atoms with Gasteiger partial charge in [-0.3, -0.25) is 9.59 Å². The molecule has 0 radical (unpaired) electrons. The average Bonchev–Trinajstić information content (AvgIpc) is 2.55. The van der Waals surface area contributed by atoms with Crippen LogP contribution in [-0.2, 0) is 9.59 Å². The number of aliphatic hydroxyl groups is 1. The highest BCUT2D eigenvalue weighted by molar-refractivity contribution is 5.85. The van der Waals surface area contributed by atoms with E-state index in [0.717, 1.165) is 6.42 Å². The molecule has 1 fully saturated rings. The zero-order chi connectivity index (χ0) is 12.0. The van der Waals surface area contributed by atoms with Gasteiger partial charge in [-0.15, -0.1) is 0 Å². The molecule has 0 amide bonds. The SMILES string of the molecule is O=C(O)C[C@H]1CCC(=O)[C@@H]1/C=C\CCCO. The Labute approximate surface area is 95.0 Å². The molecule has 0 unspecified atom stereocenters. The van der Waals surface area contributed by atoms with Gasteiger partial charge in [-0.1, -0.05) is 12.2 Å². The van der Waals surface area contributed by atoms with Crippen LogP contribution in [0.15, 0.2) is 12.2 Å². The van der Waals surface area contributed by atoms with E-state index >= 15 is 0 Å². The van der Waals surface area contributed by atoms with Gasteiger partial charge in [-0.05, 0) is 25.2 Å². The van der Waals surface area contributed by atoms with Crippen molar-refractivity contribution in [2.45, 2.75) is 32.1 Å². The molecule has 1 aliphatic rings. The fourth-order valence-corrected chi connectivity index (χ4v) is 2.11. The minimum absolute atomic E-state index is 0.0459. The highest BCUT2D eigenvalue weighted by Gasteiger charge is 2.33. The van der Waals surface area contributed by atoms with Crippen LogP contribution in [0.2, 0.25) is 0 Å². The first-order chi connectivity index (χ1) is 7.65. The maximum absolute atomic E-state index is 11.5. The lowest BCUT2D eigenvalue weighted by Gasteiger charge is -2.11. The molecule has 0 bridgehead atoms. The topological polar surface area (TPSA) is 74.6 Å². The maximum atomic E-state index is 11.5. The molecule has 4 heteroatoms. The molecule has 1 aliphatic carbocycles. The monoisotopic (exact) mass is 226 g/mol. The van der Waals surface area contributed by atoms with Gasteiger partial charge in [0.1, 0.15) is 5.78 Å². The third kappa shape index (κ3) is 3.77. The van der Waals surface area contributed by atoms with Crippen LogP contribution in [-0.4, -0.2) is 28.6 Å². The van der Waals surface area contributed by atoms with Crippen molar-refractivity contribution in [3.63, 3.8) is 0 Å². The van der Waals surface area contributed by atoms with Crippen molar-refractivity contribution >= 4 is 11.8 Å². The quantitative estimate of drug-likeness (QED) is 0.530. The molecule has 1 saturated carbocycles. The summed E-state index contributed by atoms with van der Waals surface area (Å²) in [5.41, 5.74) is 0. The number of aliphatic hydroxyl groups excluding tert-OH is 1. The van der Waals surface area contributed by atoms with Crippen molar-refractivity contribution in [3.8, 4) is 0 Å². The number of rotatable bonds is 6. The van der Waals surface area contributed by atoms with Crippen molar-refractivity contribution in [1.82, 2.24) is 0 Å². The number of unbranched alkanes of at least 4 members (excludes halogenated alkanes) is 1. The maximum Gasteiger partial charge on any atom is 0.303 e. The summed E-state index contributed by atoms with van der Waals surface area (Å²) in [7, 11) is 0. The van der Waals surface area contributed by atoms with Crippen molar-refractivity contribution in [2.75, 3.05) is 6.61 Å². The number of carbonyl (C=O) groups is 2. The van der Waals surface area contributed by atoms with Crippen LogP contribution in [0, 0.1) is 11.8 Å². The number of carbonyl (C=O) groups excluding carboxylic acids is 1. The van der Waals surface area contributed by atoms with Gasteiger partial charge in [0.25, 0.3) is 0 Å². The highest BCUT2D eigenvalue weighted by Crippen LogP contribution is 2.32. The fourth-order valence-electron chi connectivity index (χ4n) is 2.11. The molecule has 0 aromatic heterocycles. The molecule has 16 heavy (non-hydrogen) atoms. The Morgan fingerprint density at radius 3 is 2.88 bits per heavy atom. The molecule has 0 aromatic rings. The number of aliphatic carboxylic acids is 1. The first-order valence-electron chi connectivity index (χ1n) is 5.67. The summed E-state index contributed by atoms with van der Waals surface area (Å²) >= 11 is 0. The summed E-state index contributed by atoms with van der Waals surface area (Å²) in [4.78, 5) is 22.2. The molecule has 0 heterocycles. The molecule has 1 rings (SSSR count). The molecule has 2 atom stereocenters. The zero-order valence-corrected chi connectivity index (χ0v) is 9.26. The van der Waals surface area contributed by atoms with Gasteiger partial charge in [-0.2, -0.15) is 0 Å².